The zero-order valence-electron chi connectivity index (χ0n) is 17.3. The molecule has 1 aliphatic rings. The maximum absolute atomic E-state index is 6.27. The number of hydrogen-bond donors (Lipinski definition) is 1. The van der Waals surface area contributed by atoms with Crippen molar-refractivity contribution in [2.75, 3.05) is 12.4 Å². The molecular weight excluding hydrogens is 340 g/mol. The second kappa shape index (κ2) is 18.4. The lowest BCUT2D eigenvalue weighted by molar-refractivity contribution is -0.188. The van der Waals surface area contributed by atoms with Crippen LogP contribution in [0.15, 0.2) is 12.2 Å². The van der Waals surface area contributed by atoms with Gasteiger partial charge in [-0.3, -0.25) is 0 Å². The topological polar surface area (TPSA) is 18.5 Å². The van der Waals surface area contributed by atoms with Gasteiger partial charge in [-0.25, -0.2) is 0 Å². The minimum atomic E-state index is 0.0468. The molecule has 26 heavy (non-hydrogen) atoms. The molecule has 0 aromatic rings. The zero-order valence-corrected chi connectivity index (χ0v) is 18.2. The van der Waals surface area contributed by atoms with Crippen molar-refractivity contribution in [1.29, 1.82) is 0 Å². The maximum atomic E-state index is 6.27. The number of rotatable bonds is 17. The van der Waals surface area contributed by atoms with Crippen LogP contribution < -0.4 is 0 Å². The number of hydrogen-bond acceptors (Lipinski definition) is 3. The fourth-order valence-corrected chi connectivity index (χ4v) is 3.74. The van der Waals surface area contributed by atoms with Crippen molar-refractivity contribution in [2.45, 2.75) is 122 Å². The van der Waals surface area contributed by atoms with E-state index in [4.69, 9.17) is 9.47 Å². The van der Waals surface area contributed by atoms with Crippen molar-refractivity contribution in [3.63, 3.8) is 0 Å². The minimum Gasteiger partial charge on any atom is -0.353 e. The van der Waals surface area contributed by atoms with Crippen LogP contribution in [0.3, 0.4) is 0 Å². The van der Waals surface area contributed by atoms with Crippen molar-refractivity contribution in [2.24, 2.45) is 0 Å². The van der Waals surface area contributed by atoms with Gasteiger partial charge in [0.05, 0.1) is 6.10 Å². The predicted octanol–water partition coefficient (Wildman–Crippen LogP) is 7.48. The Morgan fingerprint density at radius 3 is 2.46 bits per heavy atom. The molecule has 0 spiro atoms. The summed E-state index contributed by atoms with van der Waals surface area (Å²) in [6.07, 6.45) is 25.4. The van der Waals surface area contributed by atoms with E-state index < -0.39 is 0 Å². The van der Waals surface area contributed by atoms with Crippen molar-refractivity contribution in [1.82, 2.24) is 0 Å². The number of thiol groups is 1. The molecule has 1 heterocycles. The summed E-state index contributed by atoms with van der Waals surface area (Å²) in [7, 11) is 0. The standard InChI is InChI=1S/C23H44O2S/c1-2-3-4-12-17-22(25-23-19-14-15-20-24-23)18-13-10-8-6-5-7-9-11-16-21-26/h10,13,22-23,26H,2-9,11-12,14-21H2,1H3/b13-10-. The molecule has 0 saturated carbocycles. The number of ether oxygens (including phenoxy) is 2. The summed E-state index contributed by atoms with van der Waals surface area (Å²) in [4.78, 5) is 0. The first-order valence-corrected chi connectivity index (χ1v) is 12.0. The van der Waals surface area contributed by atoms with Crippen molar-refractivity contribution >= 4 is 12.6 Å². The Labute approximate surface area is 168 Å². The fraction of sp³-hybridized carbons (Fsp3) is 0.913. The van der Waals surface area contributed by atoms with Gasteiger partial charge in [0.25, 0.3) is 0 Å². The molecule has 1 saturated heterocycles. The molecule has 0 amide bonds. The summed E-state index contributed by atoms with van der Waals surface area (Å²) in [5, 5.41) is 0. The summed E-state index contributed by atoms with van der Waals surface area (Å²) in [6.45, 7) is 3.14. The van der Waals surface area contributed by atoms with E-state index in [2.05, 4.69) is 31.7 Å². The lowest BCUT2D eigenvalue weighted by Gasteiger charge is -2.27. The second-order valence-electron chi connectivity index (χ2n) is 7.74. The summed E-state index contributed by atoms with van der Waals surface area (Å²) >= 11 is 4.26. The first-order valence-electron chi connectivity index (χ1n) is 11.4. The average Bonchev–Trinajstić information content (AvgIpc) is 2.67. The lowest BCUT2D eigenvalue weighted by Crippen LogP contribution is -2.27. The molecule has 2 atom stereocenters. The largest absolute Gasteiger partial charge is 0.353 e. The Morgan fingerprint density at radius 1 is 0.962 bits per heavy atom. The number of unbranched alkanes of at least 4 members (excludes halogenated alkanes) is 9. The smallest absolute Gasteiger partial charge is 0.157 e. The first kappa shape index (κ1) is 24.0. The van der Waals surface area contributed by atoms with Gasteiger partial charge < -0.3 is 9.47 Å². The fourth-order valence-electron chi connectivity index (χ4n) is 3.52. The van der Waals surface area contributed by atoms with E-state index in [1.54, 1.807) is 0 Å². The van der Waals surface area contributed by atoms with Crippen molar-refractivity contribution in [3.8, 4) is 0 Å². The minimum absolute atomic E-state index is 0.0468. The van der Waals surface area contributed by atoms with Crippen LogP contribution in [-0.4, -0.2) is 24.8 Å². The Hall–Kier alpha value is 0.01000. The van der Waals surface area contributed by atoms with Gasteiger partial charge in [-0.15, -0.1) is 0 Å². The van der Waals surface area contributed by atoms with Crippen molar-refractivity contribution < 1.29 is 9.47 Å². The molecule has 2 unspecified atom stereocenters. The van der Waals surface area contributed by atoms with Gasteiger partial charge in [0.2, 0.25) is 0 Å². The highest BCUT2D eigenvalue weighted by atomic mass is 32.1. The Bertz CT molecular complexity index is 313. The monoisotopic (exact) mass is 384 g/mol. The van der Waals surface area contributed by atoms with E-state index in [0.29, 0.717) is 6.10 Å². The van der Waals surface area contributed by atoms with Crippen LogP contribution in [0.25, 0.3) is 0 Å². The maximum Gasteiger partial charge on any atom is 0.157 e. The van der Waals surface area contributed by atoms with E-state index in [0.717, 1.165) is 25.2 Å². The van der Waals surface area contributed by atoms with E-state index in [-0.39, 0.29) is 6.29 Å². The van der Waals surface area contributed by atoms with E-state index >= 15 is 0 Å². The highest BCUT2D eigenvalue weighted by Crippen LogP contribution is 2.20. The van der Waals surface area contributed by atoms with Gasteiger partial charge in [0.15, 0.2) is 6.29 Å². The van der Waals surface area contributed by atoms with Crippen LogP contribution in [0, 0.1) is 0 Å². The molecule has 0 radical (unpaired) electrons. The first-order chi connectivity index (χ1) is 12.9. The highest BCUT2D eigenvalue weighted by molar-refractivity contribution is 7.80. The van der Waals surface area contributed by atoms with E-state index in [1.165, 1.54) is 89.9 Å². The van der Waals surface area contributed by atoms with Crippen LogP contribution in [0.2, 0.25) is 0 Å². The molecule has 1 aliphatic heterocycles. The quantitative estimate of drug-likeness (QED) is 0.159. The summed E-state index contributed by atoms with van der Waals surface area (Å²) in [5.41, 5.74) is 0. The zero-order chi connectivity index (χ0) is 18.7. The molecule has 0 aromatic carbocycles. The van der Waals surface area contributed by atoms with Crippen LogP contribution in [0.5, 0.6) is 0 Å². The van der Waals surface area contributed by atoms with Gasteiger partial charge in [-0.1, -0.05) is 70.4 Å². The molecule has 0 aliphatic carbocycles. The SMILES string of the molecule is CCCCCCC(C/C=C\CCCCCCCCS)OC1CCCCO1. The van der Waals surface area contributed by atoms with Crippen LogP contribution in [0.4, 0.5) is 0 Å². The Kier molecular flexibility index (Phi) is 17.0. The molecule has 3 heteroatoms. The highest BCUT2D eigenvalue weighted by Gasteiger charge is 2.18. The Balaban J connectivity index is 2.14. The Morgan fingerprint density at radius 2 is 1.73 bits per heavy atom. The van der Waals surface area contributed by atoms with Crippen molar-refractivity contribution in [3.05, 3.63) is 12.2 Å². The molecule has 1 rings (SSSR count). The molecule has 154 valence electrons. The summed E-state index contributed by atoms with van der Waals surface area (Å²) < 4.78 is 12.1. The number of allylic oxidation sites excluding steroid dienone is 1. The van der Waals surface area contributed by atoms with Crippen LogP contribution >= 0.6 is 12.6 Å². The van der Waals surface area contributed by atoms with E-state index in [1.807, 2.05) is 0 Å². The third kappa shape index (κ3) is 14.1. The lowest BCUT2D eigenvalue weighted by atomic mass is 10.1. The van der Waals surface area contributed by atoms with Crippen LogP contribution in [-0.2, 0) is 9.47 Å². The van der Waals surface area contributed by atoms with Gasteiger partial charge in [0.1, 0.15) is 0 Å². The van der Waals surface area contributed by atoms with Gasteiger partial charge in [0, 0.05) is 6.61 Å². The molecule has 0 bridgehead atoms. The summed E-state index contributed by atoms with van der Waals surface area (Å²) in [6, 6.07) is 0. The third-order valence-corrected chi connectivity index (χ3v) is 5.52. The van der Waals surface area contributed by atoms with Gasteiger partial charge in [-0.2, -0.15) is 12.6 Å². The molecule has 0 aromatic heterocycles. The van der Waals surface area contributed by atoms with Gasteiger partial charge in [-0.05, 0) is 57.1 Å². The predicted molar refractivity (Wildman–Crippen MR) is 117 cm³/mol. The third-order valence-electron chi connectivity index (χ3n) is 5.21. The molecule has 0 N–H and O–H groups in total. The summed E-state index contributed by atoms with van der Waals surface area (Å²) in [5.74, 6) is 1.04. The normalized spacial score (nSPS) is 19.2. The molecule has 2 nitrogen and oxygen atoms in total. The van der Waals surface area contributed by atoms with Crippen LogP contribution in [0.1, 0.15) is 110 Å². The van der Waals surface area contributed by atoms with E-state index in [9.17, 15) is 0 Å². The van der Waals surface area contributed by atoms with Gasteiger partial charge >= 0.3 is 0 Å². The molecule has 1 fully saturated rings. The average molecular weight is 385 g/mol. The second-order valence-corrected chi connectivity index (χ2v) is 8.19. The molecular formula is C23H44O2S.